The monoisotopic (exact) mass is 194 g/mol. The second-order valence-electron chi connectivity index (χ2n) is 4.11. The minimum absolute atomic E-state index is 0.208. The summed E-state index contributed by atoms with van der Waals surface area (Å²) in [5, 5.41) is 8.47. The molecule has 0 spiro atoms. The van der Waals surface area contributed by atoms with Crippen LogP contribution in [0.1, 0.15) is 46.5 Å². The number of alkyl halides is 2. The van der Waals surface area contributed by atoms with Crippen LogP contribution in [-0.2, 0) is 0 Å². The summed E-state index contributed by atoms with van der Waals surface area (Å²) >= 11 is 0. The first-order valence-corrected chi connectivity index (χ1v) is 4.88. The third kappa shape index (κ3) is 4.55. The Kier molecular flexibility index (Phi) is 4.82. The lowest BCUT2D eigenvalue weighted by Gasteiger charge is -2.31. The summed E-state index contributed by atoms with van der Waals surface area (Å²) in [4.78, 5) is 0. The molecular weight excluding hydrogens is 174 g/mol. The lowest BCUT2D eigenvalue weighted by Crippen LogP contribution is -2.31. The summed E-state index contributed by atoms with van der Waals surface area (Å²) < 4.78 is 25.8. The highest BCUT2D eigenvalue weighted by molar-refractivity contribution is 4.80. The molecule has 0 aliphatic rings. The van der Waals surface area contributed by atoms with Crippen LogP contribution in [0, 0.1) is 5.41 Å². The van der Waals surface area contributed by atoms with Crippen molar-refractivity contribution in [3.8, 4) is 0 Å². The molecule has 1 N–H and O–H groups in total. The topological polar surface area (TPSA) is 20.2 Å². The summed E-state index contributed by atoms with van der Waals surface area (Å²) in [7, 11) is 0. The number of hydrogen-bond donors (Lipinski definition) is 1. The van der Waals surface area contributed by atoms with Gasteiger partial charge in [0.2, 0.25) is 0 Å². The van der Waals surface area contributed by atoms with E-state index in [4.69, 9.17) is 5.11 Å². The van der Waals surface area contributed by atoms with E-state index >= 15 is 0 Å². The van der Waals surface area contributed by atoms with Crippen molar-refractivity contribution in [2.75, 3.05) is 6.61 Å². The van der Waals surface area contributed by atoms with Crippen LogP contribution in [0.4, 0.5) is 8.78 Å². The molecule has 0 aromatic heterocycles. The molecule has 1 atom stereocenters. The van der Waals surface area contributed by atoms with Crippen LogP contribution < -0.4 is 0 Å². The Morgan fingerprint density at radius 1 is 1.23 bits per heavy atom. The molecule has 0 aliphatic heterocycles. The molecule has 0 aliphatic carbocycles. The fraction of sp³-hybridized carbons (Fsp3) is 1.00. The van der Waals surface area contributed by atoms with Gasteiger partial charge in [0.15, 0.2) is 0 Å². The molecule has 1 unspecified atom stereocenters. The largest absolute Gasteiger partial charge is 0.390 e. The lowest BCUT2D eigenvalue weighted by molar-refractivity contribution is -0.0847. The van der Waals surface area contributed by atoms with Gasteiger partial charge in [0.1, 0.15) is 6.61 Å². The van der Waals surface area contributed by atoms with Crippen molar-refractivity contribution in [3.63, 3.8) is 0 Å². The highest BCUT2D eigenvalue weighted by Gasteiger charge is 2.37. The summed E-state index contributed by atoms with van der Waals surface area (Å²) in [6.45, 7) is 4.74. The maximum Gasteiger partial charge on any atom is 0.271 e. The smallest absolute Gasteiger partial charge is 0.271 e. The molecule has 13 heavy (non-hydrogen) atoms. The number of aliphatic hydroxyl groups is 1. The van der Waals surface area contributed by atoms with Crippen LogP contribution in [0.15, 0.2) is 0 Å². The van der Waals surface area contributed by atoms with Crippen LogP contribution in [0.5, 0.6) is 0 Å². The summed E-state index contributed by atoms with van der Waals surface area (Å²) in [5.74, 6) is -2.92. The molecule has 0 radical (unpaired) electrons. The molecule has 0 fully saturated rings. The van der Waals surface area contributed by atoms with E-state index < -0.39 is 12.5 Å². The van der Waals surface area contributed by atoms with Crippen molar-refractivity contribution >= 4 is 0 Å². The SMILES string of the molecule is CCCC(C)(CC)CC(F)(F)CO. The van der Waals surface area contributed by atoms with Crippen molar-refractivity contribution in [1.29, 1.82) is 0 Å². The van der Waals surface area contributed by atoms with Crippen LogP contribution in [0.25, 0.3) is 0 Å². The first-order valence-electron chi connectivity index (χ1n) is 4.88. The minimum Gasteiger partial charge on any atom is -0.390 e. The molecule has 0 aromatic rings. The van der Waals surface area contributed by atoms with Gasteiger partial charge >= 0.3 is 0 Å². The Hall–Kier alpha value is -0.180. The standard InChI is InChI=1S/C10H20F2O/c1-4-6-9(3,5-2)7-10(11,12)8-13/h13H,4-8H2,1-3H3. The Morgan fingerprint density at radius 3 is 2.08 bits per heavy atom. The lowest BCUT2D eigenvalue weighted by atomic mass is 9.78. The van der Waals surface area contributed by atoms with Crippen LogP contribution >= 0.6 is 0 Å². The van der Waals surface area contributed by atoms with Gasteiger partial charge in [-0.1, -0.05) is 33.6 Å². The minimum atomic E-state index is -2.92. The predicted octanol–water partition coefficient (Wildman–Crippen LogP) is 3.22. The third-order valence-electron chi connectivity index (χ3n) is 2.62. The van der Waals surface area contributed by atoms with Crippen molar-refractivity contribution in [2.24, 2.45) is 5.41 Å². The number of hydrogen-bond acceptors (Lipinski definition) is 1. The van der Waals surface area contributed by atoms with E-state index in [0.717, 1.165) is 19.3 Å². The van der Waals surface area contributed by atoms with Crippen molar-refractivity contribution < 1.29 is 13.9 Å². The zero-order valence-corrected chi connectivity index (χ0v) is 8.74. The van der Waals surface area contributed by atoms with Crippen LogP contribution in [-0.4, -0.2) is 17.6 Å². The van der Waals surface area contributed by atoms with E-state index in [-0.39, 0.29) is 11.8 Å². The van der Waals surface area contributed by atoms with Gasteiger partial charge in [-0.15, -0.1) is 0 Å². The Bertz CT molecular complexity index is 148. The zero-order chi connectivity index (χ0) is 10.5. The average molecular weight is 194 g/mol. The second kappa shape index (κ2) is 4.89. The van der Waals surface area contributed by atoms with Crippen molar-refractivity contribution in [2.45, 2.75) is 52.4 Å². The number of halogens is 2. The summed E-state index contributed by atoms with van der Waals surface area (Å²) in [5.41, 5.74) is -0.332. The maximum absolute atomic E-state index is 12.9. The molecule has 0 aromatic carbocycles. The predicted molar refractivity (Wildman–Crippen MR) is 50.0 cm³/mol. The van der Waals surface area contributed by atoms with Crippen LogP contribution in [0.2, 0.25) is 0 Å². The molecule has 0 bridgehead atoms. The fourth-order valence-electron chi connectivity index (χ4n) is 1.67. The van der Waals surface area contributed by atoms with Crippen molar-refractivity contribution in [3.05, 3.63) is 0 Å². The Balaban J connectivity index is 4.25. The molecule has 0 heterocycles. The Labute approximate surface area is 79.1 Å². The maximum atomic E-state index is 12.9. The molecule has 0 amide bonds. The molecule has 3 heteroatoms. The number of rotatable bonds is 6. The molecule has 0 saturated carbocycles. The van der Waals surface area contributed by atoms with Gasteiger partial charge in [-0.05, 0) is 11.8 Å². The molecular formula is C10H20F2O. The van der Waals surface area contributed by atoms with E-state index in [1.54, 1.807) is 0 Å². The van der Waals surface area contributed by atoms with Gasteiger partial charge in [-0.3, -0.25) is 0 Å². The normalized spacial score (nSPS) is 17.1. The molecule has 0 rings (SSSR count). The first kappa shape index (κ1) is 12.8. The van der Waals surface area contributed by atoms with Crippen LogP contribution in [0.3, 0.4) is 0 Å². The van der Waals surface area contributed by atoms with Gasteiger partial charge in [0.25, 0.3) is 5.92 Å². The van der Waals surface area contributed by atoms with Gasteiger partial charge in [-0.25, -0.2) is 8.78 Å². The highest BCUT2D eigenvalue weighted by atomic mass is 19.3. The highest BCUT2D eigenvalue weighted by Crippen LogP contribution is 2.38. The first-order chi connectivity index (χ1) is 5.89. The van der Waals surface area contributed by atoms with E-state index in [2.05, 4.69) is 0 Å². The zero-order valence-electron chi connectivity index (χ0n) is 8.74. The fourth-order valence-corrected chi connectivity index (χ4v) is 1.67. The van der Waals surface area contributed by atoms with Gasteiger partial charge in [0.05, 0.1) is 0 Å². The molecule has 1 nitrogen and oxygen atoms in total. The number of aliphatic hydroxyl groups excluding tert-OH is 1. The van der Waals surface area contributed by atoms with E-state index in [1.165, 1.54) is 0 Å². The summed E-state index contributed by atoms with van der Waals surface area (Å²) in [6.07, 6.45) is 2.22. The summed E-state index contributed by atoms with van der Waals surface area (Å²) in [6, 6.07) is 0. The van der Waals surface area contributed by atoms with Gasteiger partial charge < -0.3 is 5.11 Å². The second-order valence-corrected chi connectivity index (χ2v) is 4.11. The average Bonchev–Trinajstić information content (AvgIpc) is 2.04. The third-order valence-corrected chi connectivity index (χ3v) is 2.62. The van der Waals surface area contributed by atoms with E-state index in [0.29, 0.717) is 0 Å². The van der Waals surface area contributed by atoms with E-state index in [9.17, 15) is 8.78 Å². The Morgan fingerprint density at radius 2 is 1.77 bits per heavy atom. The van der Waals surface area contributed by atoms with Crippen molar-refractivity contribution in [1.82, 2.24) is 0 Å². The molecule has 80 valence electrons. The van der Waals surface area contributed by atoms with Gasteiger partial charge in [0, 0.05) is 6.42 Å². The van der Waals surface area contributed by atoms with E-state index in [1.807, 2.05) is 20.8 Å². The van der Waals surface area contributed by atoms with Gasteiger partial charge in [-0.2, -0.15) is 0 Å². The quantitative estimate of drug-likeness (QED) is 0.688. The molecule has 0 saturated heterocycles.